The Kier molecular flexibility index (Phi) is 8.55. The second-order valence-corrected chi connectivity index (χ2v) is 9.09. The summed E-state index contributed by atoms with van der Waals surface area (Å²) < 4.78 is 0. The van der Waals surface area contributed by atoms with Crippen LogP contribution in [0.5, 0.6) is 0 Å². The van der Waals surface area contributed by atoms with Crippen molar-refractivity contribution in [1.82, 2.24) is 15.5 Å². The number of hydrogen-bond acceptors (Lipinski definition) is 3. The fraction of sp³-hybridized carbons (Fsp3) is 0.667. The van der Waals surface area contributed by atoms with Crippen LogP contribution >= 0.6 is 0 Å². The lowest BCUT2D eigenvalue weighted by molar-refractivity contribution is -0.123. The van der Waals surface area contributed by atoms with Gasteiger partial charge in [-0.1, -0.05) is 31.2 Å². The summed E-state index contributed by atoms with van der Waals surface area (Å²) in [6.45, 7) is 8.65. The van der Waals surface area contributed by atoms with E-state index in [0.717, 1.165) is 50.9 Å². The van der Waals surface area contributed by atoms with Crippen LogP contribution in [0.2, 0.25) is 0 Å². The van der Waals surface area contributed by atoms with Crippen molar-refractivity contribution in [1.29, 1.82) is 0 Å². The Hall–Kier alpha value is -2.08. The van der Waals surface area contributed by atoms with Crippen LogP contribution in [0.25, 0.3) is 0 Å². The predicted octanol–water partition coefficient (Wildman–Crippen LogP) is 3.02. The van der Waals surface area contributed by atoms with E-state index in [4.69, 9.17) is 10.7 Å². The van der Waals surface area contributed by atoms with Gasteiger partial charge in [-0.25, -0.2) is 4.99 Å². The lowest BCUT2D eigenvalue weighted by Crippen LogP contribution is -2.44. The maximum atomic E-state index is 11.5. The van der Waals surface area contributed by atoms with Gasteiger partial charge in [0.25, 0.3) is 0 Å². The highest BCUT2D eigenvalue weighted by Gasteiger charge is 2.24. The number of carbonyl (C=O) groups excluding carboxylic acids is 1. The Balaban J connectivity index is 1.56. The van der Waals surface area contributed by atoms with Crippen LogP contribution in [0, 0.1) is 11.8 Å². The first kappa shape index (κ1) is 22.6. The molecule has 2 aliphatic rings. The van der Waals surface area contributed by atoms with Crippen LogP contribution in [0.3, 0.4) is 0 Å². The molecule has 4 N–H and O–H groups in total. The molecule has 1 saturated carbocycles. The quantitative estimate of drug-likeness (QED) is 0.474. The normalized spacial score (nSPS) is 25.7. The third-order valence-electron chi connectivity index (χ3n) is 6.43. The van der Waals surface area contributed by atoms with Crippen molar-refractivity contribution in [3.05, 3.63) is 35.4 Å². The molecule has 1 saturated heterocycles. The number of likely N-dealkylation sites (tertiary alicyclic amines) is 1. The first-order valence-corrected chi connectivity index (χ1v) is 11.7. The van der Waals surface area contributed by atoms with E-state index >= 15 is 0 Å². The molecule has 2 fully saturated rings. The molecule has 1 amide bonds. The Morgan fingerprint density at radius 2 is 1.97 bits per heavy atom. The molecule has 1 aliphatic carbocycles. The topological polar surface area (TPSA) is 82.8 Å². The summed E-state index contributed by atoms with van der Waals surface area (Å²) in [6, 6.07) is 9.18. The van der Waals surface area contributed by atoms with Gasteiger partial charge < -0.3 is 16.4 Å². The number of guanidine groups is 1. The molecular weight excluding hydrogens is 374 g/mol. The molecule has 1 aromatic carbocycles. The maximum absolute atomic E-state index is 11.5. The van der Waals surface area contributed by atoms with E-state index in [1.54, 1.807) is 0 Å². The monoisotopic (exact) mass is 413 g/mol. The molecule has 0 radical (unpaired) electrons. The Morgan fingerprint density at radius 3 is 2.70 bits per heavy atom. The van der Waals surface area contributed by atoms with Gasteiger partial charge in [-0.05, 0) is 69.0 Å². The van der Waals surface area contributed by atoms with Crippen molar-refractivity contribution in [2.45, 2.75) is 71.5 Å². The van der Waals surface area contributed by atoms with Crippen LogP contribution < -0.4 is 16.4 Å². The van der Waals surface area contributed by atoms with E-state index in [2.05, 4.69) is 53.6 Å². The van der Waals surface area contributed by atoms with Gasteiger partial charge in [0.2, 0.25) is 5.91 Å². The SMILES string of the molecule is CCNC(=NCc1cccc(CN2CCCC(C(N)=O)C2)c1)NC1CCC(C)CC1. The van der Waals surface area contributed by atoms with Crippen molar-refractivity contribution in [3.63, 3.8) is 0 Å². The van der Waals surface area contributed by atoms with E-state index in [1.165, 1.54) is 36.8 Å². The highest BCUT2D eigenvalue weighted by Crippen LogP contribution is 2.23. The highest BCUT2D eigenvalue weighted by atomic mass is 16.1. The molecular formula is C24H39N5O. The summed E-state index contributed by atoms with van der Waals surface area (Å²) in [5.74, 6) is 1.59. The number of amides is 1. The lowest BCUT2D eigenvalue weighted by Gasteiger charge is -2.31. The zero-order chi connectivity index (χ0) is 21.3. The minimum atomic E-state index is -0.168. The molecule has 6 nitrogen and oxygen atoms in total. The molecule has 0 spiro atoms. The van der Waals surface area contributed by atoms with Crippen molar-refractivity contribution in [2.24, 2.45) is 22.6 Å². The Morgan fingerprint density at radius 1 is 1.20 bits per heavy atom. The summed E-state index contributed by atoms with van der Waals surface area (Å²) in [6.07, 6.45) is 7.00. The van der Waals surface area contributed by atoms with Gasteiger partial charge in [-0.2, -0.15) is 0 Å². The molecule has 1 heterocycles. The largest absolute Gasteiger partial charge is 0.369 e. The third kappa shape index (κ3) is 7.01. The molecule has 30 heavy (non-hydrogen) atoms. The number of rotatable bonds is 7. The molecule has 0 aromatic heterocycles. The highest BCUT2D eigenvalue weighted by molar-refractivity contribution is 5.80. The number of benzene rings is 1. The Bertz CT molecular complexity index is 711. The van der Waals surface area contributed by atoms with Crippen LogP contribution in [-0.2, 0) is 17.9 Å². The maximum Gasteiger partial charge on any atom is 0.221 e. The van der Waals surface area contributed by atoms with Crippen LogP contribution in [0.4, 0.5) is 0 Å². The van der Waals surface area contributed by atoms with E-state index < -0.39 is 0 Å². The number of primary amides is 1. The fourth-order valence-electron chi connectivity index (χ4n) is 4.60. The number of carbonyl (C=O) groups is 1. The molecule has 166 valence electrons. The lowest BCUT2D eigenvalue weighted by atomic mass is 9.87. The smallest absolute Gasteiger partial charge is 0.221 e. The van der Waals surface area contributed by atoms with Crippen LogP contribution in [0.15, 0.2) is 29.3 Å². The molecule has 1 atom stereocenters. The van der Waals surface area contributed by atoms with E-state index in [-0.39, 0.29) is 11.8 Å². The second-order valence-electron chi connectivity index (χ2n) is 9.09. The van der Waals surface area contributed by atoms with Gasteiger partial charge in [0.15, 0.2) is 5.96 Å². The van der Waals surface area contributed by atoms with E-state index in [9.17, 15) is 4.79 Å². The molecule has 3 rings (SSSR count). The summed E-state index contributed by atoms with van der Waals surface area (Å²) >= 11 is 0. The number of hydrogen-bond donors (Lipinski definition) is 3. The summed E-state index contributed by atoms with van der Waals surface area (Å²) in [4.78, 5) is 18.7. The van der Waals surface area contributed by atoms with Gasteiger partial charge in [-0.15, -0.1) is 0 Å². The van der Waals surface area contributed by atoms with Crippen molar-refractivity contribution >= 4 is 11.9 Å². The predicted molar refractivity (Wildman–Crippen MR) is 123 cm³/mol. The van der Waals surface area contributed by atoms with E-state index in [1.807, 2.05) is 0 Å². The first-order valence-electron chi connectivity index (χ1n) is 11.7. The minimum absolute atomic E-state index is 0.0111. The van der Waals surface area contributed by atoms with Gasteiger partial charge in [0.1, 0.15) is 0 Å². The molecule has 1 aromatic rings. The van der Waals surface area contributed by atoms with Gasteiger partial charge >= 0.3 is 0 Å². The summed E-state index contributed by atoms with van der Waals surface area (Å²) in [7, 11) is 0. The third-order valence-corrected chi connectivity index (χ3v) is 6.43. The average Bonchev–Trinajstić information content (AvgIpc) is 2.74. The van der Waals surface area contributed by atoms with E-state index in [0.29, 0.717) is 12.6 Å². The van der Waals surface area contributed by atoms with Gasteiger partial charge in [0, 0.05) is 25.7 Å². The van der Waals surface area contributed by atoms with Gasteiger partial charge in [-0.3, -0.25) is 9.69 Å². The van der Waals surface area contributed by atoms with Crippen molar-refractivity contribution in [3.8, 4) is 0 Å². The number of nitrogens with two attached hydrogens (primary N) is 1. The van der Waals surface area contributed by atoms with Crippen LogP contribution in [-0.4, -0.2) is 42.4 Å². The van der Waals surface area contributed by atoms with Crippen LogP contribution in [0.1, 0.15) is 63.5 Å². The second kappa shape index (κ2) is 11.3. The molecule has 1 unspecified atom stereocenters. The summed E-state index contributed by atoms with van der Waals surface area (Å²) in [5, 5.41) is 7.02. The van der Waals surface area contributed by atoms with Crippen molar-refractivity contribution in [2.75, 3.05) is 19.6 Å². The Labute approximate surface area is 181 Å². The zero-order valence-electron chi connectivity index (χ0n) is 18.7. The number of nitrogens with zero attached hydrogens (tertiary/aromatic N) is 2. The number of nitrogens with one attached hydrogen (secondary N) is 2. The first-order chi connectivity index (χ1) is 14.5. The van der Waals surface area contributed by atoms with Gasteiger partial charge in [0.05, 0.1) is 12.5 Å². The molecule has 6 heteroatoms. The minimum Gasteiger partial charge on any atom is -0.369 e. The average molecular weight is 414 g/mol. The van der Waals surface area contributed by atoms with Crippen molar-refractivity contribution < 1.29 is 4.79 Å². The summed E-state index contributed by atoms with van der Waals surface area (Å²) in [5.41, 5.74) is 8.00. The standard InChI is InChI=1S/C24H39N5O/c1-3-26-24(28-22-11-9-18(2)10-12-22)27-15-19-6-4-7-20(14-19)16-29-13-5-8-21(17-29)23(25)30/h4,6-7,14,18,21-22H,3,5,8-13,15-17H2,1-2H3,(H2,25,30)(H2,26,27,28). The molecule has 0 bridgehead atoms. The number of piperidine rings is 1. The fourth-order valence-corrected chi connectivity index (χ4v) is 4.60. The molecule has 1 aliphatic heterocycles. The zero-order valence-corrected chi connectivity index (χ0v) is 18.7. The number of aliphatic imine (C=N–C) groups is 1.